The van der Waals surface area contributed by atoms with Gasteiger partial charge in [0.25, 0.3) is 0 Å². The van der Waals surface area contributed by atoms with Gasteiger partial charge in [0.2, 0.25) is 0 Å². The number of fused-ring (bicyclic) bond motifs is 2. The van der Waals surface area contributed by atoms with Crippen molar-refractivity contribution < 1.29 is 43.9 Å². The van der Waals surface area contributed by atoms with Gasteiger partial charge in [-0.2, -0.15) is 0 Å². The molecule has 4 fully saturated rings. The van der Waals surface area contributed by atoms with Crippen LogP contribution in [-0.4, -0.2) is 71.4 Å². The molecule has 5 aliphatic rings. The van der Waals surface area contributed by atoms with Crippen molar-refractivity contribution in [2.75, 3.05) is 19.8 Å². The lowest BCUT2D eigenvalue weighted by Crippen LogP contribution is -2.23. The molecule has 0 aromatic heterocycles. The zero-order valence-electron chi connectivity index (χ0n) is 23.6. The van der Waals surface area contributed by atoms with E-state index in [2.05, 4.69) is 13.8 Å². The maximum atomic E-state index is 11.5. The molecule has 4 saturated carbocycles. The van der Waals surface area contributed by atoms with Gasteiger partial charge in [0.1, 0.15) is 0 Å². The Morgan fingerprint density at radius 3 is 1.42 bits per heavy atom. The van der Waals surface area contributed by atoms with Gasteiger partial charge >= 0.3 is 17.9 Å². The molecule has 38 heavy (non-hydrogen) atoms. The van der Waals surface area contributed by atoms with Crippen LogP contribution in [-0.2, 0) is 28.6 Å². The van der Waals surface area contributed by atoms with Crippen molar-refractivity contribution in [2.45, 2.75) is 92.0 Å². The van der Waals surface area contributed by atoms with E-state index in [4.69, 9.17) is 14.2 Å². The van der Waals surface area contributed by atoms with E-state index in [9.17, 15) is 29.7 Å². The molecule has 0 radical (unpaired) electrons. The maximum Gasteiger partial charge on any atom is 0.313 e. The predicted octanol–water partition coefficient (Wildman–Crippen LogP) is 2.79. The fourth-order valence-corrected chi connectivity index (χ4v) is 6.79. The molecule has 3 N–H and O–H groups in total. The van der Waals surface area contributed by atoms with E-state index < -0.39 is 6.10 Å². The third-order valence-electron chi connectivity index (χ3n) is 9.36. The van der Waals surface area contributed by atoms with E-state index in [-0.39, 0.29) is 58.7 Å². The van der Waals surface area contributed by atoms with Crippen LogP contribution in [0.3, 0.4) is 0 Å². The standard InChI is InChI=1S/2C10H16O3.C9H14O3/c2*1-3-13-9(12)6-4-8(11)7-5-10(6,7)2;1-3-12-9(11)8-5-7(10)4-6(8)2/h2*6-8,11H,3-5H2,1-2H3;4,7-8,10H,3,5H2,1-2H3/t2*6-,7-,8-,10+;7-,8-/m100/s1. The van der Waals surface area contributed by atoms with E-state index in [1.807, 2.05) is 20.8 Å². The van der Waals surface area contributed by atoms with E-state index in [1.54, 1.807) is 13.0 Å². The van der Waals surface area contributed by atoms with Crippen molar-refractivity contribution in [3.05, 3.63) is 11.6 Å². The van der Waals surface area contributed by atoms with Crippen molar-refractivity contribution in [1.82, 2.24) is 0 Å². The van der Waals surface area contributed by atoms with Crippen LogP contribution in [0, 0.1) is 40.4 Å². The fraction of sp³-hybridized carbons (Fsp3) is 0.828. The summed E-state index contributed by atoms with van der Waals surface area (Å²) in [7, 11) is 0. The number of esters is 3. The van der Waals surface area contributed by atoms with Crippen molar-refractivity contribution in [1.29, 1.82) is 0 Å². The van der Waals surface area contributed by atoms with Crippen LogP contribution in [0.15, 0.2) is 11.6 Å². The second-order valence-electron chi connectivity index (χ2n) is 11.9. The number of hydrogen-bond acceptors (Lipinski definition) is 9. The second-order valence-corrected chi connectivity index (χ2v) is 11.9. The minimum absolute atomic E-state index is 0.0473. The normalized spacial score (nSPS) is 41.2. The van der Waals surface area contributed by atoms with Crippen LogP contribution in [0.5, 0.6) is 0 Å². The Morgan fingerprint density at radius 1 is 0.763 bits per heavy atom. The molecule has 0 unspecified atom stereocenters. The Morgan fingerprint density at radius 2 is 1.16 bits per heavy atom. The molecule has 0 amide bonds. The van der Waals surface area contributed by atoms with Crippen LogP contribution in [0.2, 0.25) is 0 Å². The van der Waals surface area contributed by atoms with Gasteiger partial charge in [0.05, 0.1) is 55.9 Å². The summed E-state index contributed by atoms with van der Waals surface area (Å²) in [6, 6.07) is 0. The van der Waals surface area contributed by atoms with Crippen LogP contribution >= 0.6 is 0 Å². The van der Waals surface area contributed by atoms with Crippen molar-refractivity contribution in [3.63, 3.8) is 0 Å². The second kappa shape index (κ2) is 12.0. The summed E-state index contributed by atoms with van der Waals surface area (Å²) < 4.78 is 14.8. The van der Waals surface area contributed by atoms with Crippen molar-refractivity contribution >= 4 is 17.9 Å². The average Bonchev–Trinajstić information content (AvgIpc) is 3.63. The highest BCUT2D eigenvalue weighted by Gasteiger charge is 2.67. The highest BCUT2D eigenvalue weighted by molar-refractivity contribution is 5.76. The highest BCUT2D eigenvalue weighted by Crippen LogP contribution is 2.67. The van der Waals surface area contributed by atoms with Gasteiger partial charge < -0.3 is 29.5 Å². The minimum Gasteiger partial charge on any atom is -0.466 e. The first kappa shape index (κ1) is 30.6. The zero-order chi connectivity index (χ0) is 28.4. The monoisotopic (exact) mass is 538 g/mol. The first-order valence-corrected chi connectivity index (χ1v) is 14.1. The molecule has 9 nitrogen and oxygen atoms in total. The summed E-state index contributed by atoms with van der Waals surface area (Å²) in [5.74, 6) is -0.112. The summed E-state index contributed by atoms with van der Waals surface area (Å²) >= 11 is 0. The summed E-state index contributed by atoms with van der Waals surface area (Å²) in [5, 5.41) is 28.4. The molecule has 9 heteroatoms. The summed E-state index contributed by atoms with van der Waals surface area (Å²) in [6.07, 6.45) is 4.32. The van der Waals surface area contributed by atoms with E-state index >= 15 is 0 Å². The molecule has 0 aromatic carbocycles. The molecule has 216 valence electrons. The Bertz CT molecular complexity index is 866. The summed E-state index contributed by atoms with van der Waals surface area (Å²) in [4.78, 5) is 34.2. The molecule has 0 heterocycles. The van der Waals surface area contributed by atoms with Gasteiger partial charge in [0.15, 0.2) is 0 Å². The summed E-state index contributed by atoms with van der Waals surface area (Å²) in [6.45, 7) is 12.7. The molecule has 0 bridgehead atoms. The third-order valence-corrected chi connectivity index (χ3v) is 9.36. The zero-order valence-corrected chi connectivity index (χ0v) is 23.6. The Kier molecular flexibility index (Phi) is 9.69. The molecule has 5 aliphatic carbocycles. The largest absolute Gasteiger partial charge is 0.466 e. The van der Waals surface area contributed by atoms with Crippen LogP contribution in [0.4, 0.5) is 0 Å². The lowest BCUT2D eigenvalue weighted by molar-refractivity contribution is -0.151. The predicted molar refractivity (Wildman–Crippen MR) is 138 cm³/mol. The van der Waals surface area contributed by atoms with Gasteiger partial charge in [-0.3, -0.25) is 14.4 Å². The molecule has 0 aliphatic heterocycles. The lowest BCUT2D eigenvalue weighted by Gasteiger charge is -2.16. The van der Waals surface area contributed by atoms with Crippen LogP contribution in [0.25, 0.3) is 0 Å². The van der Waals surface area contributed by atoms with Crippen LogP contribution < -0.4 is 0 Å². The number of ether oxygens (including phenoxy) is 3. The van der Waals surface area contributed by atoms with Gasteiger partial charge in [-0.25, -0.2) is 0 Å². The number of carbonyl (C=O) groups excluding carboxylic acids is 3. The van der Waals surface area contributed by atoms with Gasteiger partial charge in [0, 0.05) is 0 Å². The Balaban J connectivity index is 0.000000158. The number of aliphatic hydroxyl groups is 3. The highest BCUT2D eigenvalue weighted by atomic mass is 16.5. The molecule has 10 atom stereocenters. The summed E-state index contributed by atoms with van der Waals surface area (Å²) in [5.41, 5.74) is 1.01. The van der Waals surface area contributed by atoms with Gasteiger partial charge in [-0.1, -0.05) is 25.5 Å². The minimum atomic E-state index is -0.473. The number of aliphatic hydroxyl groups excluding tert-OH is 3. The smallest absolute Gasteiger partial charge is 0.313 e. The first-order valence-electron chi connectivity index (χ1n) is 14.1. The van der Waals surface area contributed by atoms with Crippen molar-refractivity contribution in [2.24, 2.45) is 40.4 Å². The molecule has 0 aromatic rings. The first-order chi connectivity index (χ1) is 17.8. The number of carbonyl (C=O) groups is 3. The molecule has 5 rings (SSSR count). The van der Waals surface area contributed by atoms with Gasteiger partial charge in [-0.15, -0.1) is 0 Å². The Hall–Kier alpha value is -1.97. The van der Waals surface area contributed by atoms with Crippen molar-refractivity contribution in [3.8, 4) is 0 Å². The van der Waals surface area contributed by atoms with E-state index in [1.165, 1.54) is 0 Å². The molecular formula is C29H46O9. The maximum absolute atomic E-state index is 11.5. The van der Waals surface area contributed by atoms with E-state index in [0.717, 1.165) is 18.4 Å². The third kappa shape index (κ3) is 6.26. The lowest BCUT2D eigenvalue weighted by atomic mass is 9.92. The molecule has 0 saturated heterocycles. The number of hydrogen-bond donors (Lipinski definition) is 3. The topological polar surface area (TPSA) is 140 Å². The number of rotatable bonds is 6. The van der Waals surface area contributed by atoms with Gasteiger partial charge in [-0.05, 0) is 82.5 Å². The van der Waals surface area contributed by atoms with E-state index in [0.29, 0.717) is 50.9 Å². The average molecular weight is 539 g/mol. The molecule has 0 spiro atoms. The molecular weight excluding hydrogens is 492 g/mol. The van der Waals surface area contributed by atoms with Crippen LogP contribution in [0.1, 0.15) is 73.6 Å². The fourth-order valence-electron chi connectivity index (χ4n) is 6.79. The Labute approximate surface area is 225 Å². The quantitative estimate of drug-likeness (QED) is 0.265. The SMILES string of the molecule is CCOC(=O)[C@@H]1C[C@H](O)[C@@H]2C[C@]12C.CCOC(=O)[C@H]1C[C@@H](O)C=C1C.CCOC(=O)[C@H]1C[C@@H](O)[C@H]2C[C@@]12C.